The second-order valence-electron chi connectivity index (χ2n) is 5.18. The average molecular weight is 299 g/mol. The molecule has 0 bridgehead atoms. The zero-order valence-electron chi connectivity index (χ0n) is 12.3. The first-order valence-electron chi connectivity index (χ1n) is 6.78. The van der Waals surface area contributed by atoms with E-state index in [9.17, 15) is 4.79 Å². The van der Waals surface area contributed by atoms with E-state index >= 15 is 0 Å². The minimum atomic E-state index is 0. The Morgan fingerprint density at radius 3 is 2.80 bits per heavy atom. The maximum absolute atomic E-state index is 12.1. The molecule has 0 aliphatic carbocycles. The lowest BCUT2D eigenvalue weighted by atomic mass is 10.1. The van der Waals surface area contributed by atoms with Crippen LogP contribution in [0.2, 0.25) is 0 Å². The third-order valence-electron chi connectivity index (χ3n) is 3.66. The van der Waals surface area contributed by atoms with E-state index in [1.807, 2.05) is 30.0 Å². The second kappa shape index (κ2) is 7.50. The van der Waals surface area contributed by atoms with Crippen LogP contribution in [0, 0.1) is 13.8 Å². The van der Waals surface area contributed by atoms with Crippen LogP contribution >= 0.6 is 12.4 Å². The van der Waals surface area contributed by atoms with E-state index < -0.39 is 0 Å². The summed E-state index contributed by atoms with van der Waals surface area (Å²) in [6.45, 7) is 8.76. The van der Waals surface area contributed by atoms with Crippen LogP contribution in [-0.2, 0) is 4.79 Å². The van der Waals surface area contributed by atoms with Crippen molar-refractivity contribution in [2.75, 3.05) is 26.2 Å². The van der Waals surface area contributed by atoms with Crippen molar-refractivity contribution in [2.45, 2.75) is 26.8 Å². The van der Waals surface area contributed by atoms with Gasteiger partial charge in [0.1, 0.15) is 5.75 Å². The molecule has 1 N–H and O–H groups in total. The second-order valence-corrected chi connectivity index (χ2v) is 5.18. The molecule has 1 aromatic carbocycles. The van der Waals surface area contributed by atoms with E-state index in [-0.39, 0.29) is 31.0 Å². The van der Waals surface area contributed by atoms with E-state index in [0.29, 0.717) is 0 Å². The van der Waals surface area contributed by atoms with Gasteiger partial charge in [-0.3, -0.25) is 4.79 Å². The smallest absolute Gasteiger partial charge is 0.260 e. The third-order valence-corrected chi connectivity index (χ3v) is 3.66. The first kappa shape index (κ1) is 16.8. The van der Waals surface area contributed by atoms with Crippen LogP contribution in [0.15, 0.2) is 18.2 Å². The van der Waals surface area contributed by atoms with E-state index in [0.717, 1.165) is 25.4 Å². The van der Waals surface area contributed by atoms with Crippen molar-refractivity contribution in [1.82, 2.24) is 10.2 Å². The zero-order chi connectivity index (χ0) is 13.8. The quantitative estimate of drug-likeness (QED) is 0.927. The Morgan fingerprint density at radius 1 is 1.40 bits per heavy atom. The van der Waals surface area contributed by atoms with Crippen LogP contribution in [0.1, 0.15) is 18.1 Å². The van der Waals surface area contributed by atoms with Crippen molar-refractivity contribution in [2.24, 2.45) is 0 Å². The molecule has 0 spiro atoms. The number of piperazine rings is 1. The molecule has 0 radical (unpaired) electrons. The minimum absolute atomic E-state index is 0. The molecule has 1 aliphatic heterocycles. The number of ether oxygens (including phenoxy) is 1. The maximum Gasteiger partial charge on any atom is 0.260 e. The number of nitrogens with zero attached hydrogens (tertiary/aromatic N) is 1. The molecule has 0 unspecified atom stereocenters. The van der Waals surface area contributed by atoms with Gasteiger partial charge >= 0.3 is 0 Å². The highest BCUT2D eigenvalue weighted by molar-refractivity contribution is 5.85. The molecule has 2 rings (SSSR count). The summed E-state index contributed by atoms with van der Waals surface area (Å²) in [6.07, 6.45) is 0. The lowest BCUT2D eigenvalue weighted by molar-refractivity contribution is -0.136. The summed E-state index contributed by atoms with van der Waals surface area (Å²) in [5.41, 5.74) is 2.41. The van der Waals surface area contributed by atoms with Gasteiger partial charge in [0.2, 0.25) is 0 Å². The highest BCUT2D eigenvalue weighted by Gasteiger charge is 2.22. The molecule has 1 aromatic rings. The van der Waals surface area contributed by atoms with E-state index in [1.165, 1.54) is 11.1 Å². The van der Waals surface area contributed by atoms with Gasteiger partial charge in [-0.2, -0.15) is 0 Å². The number of rotatable bonds is 3. The van der Waals surface area contributed by atoms with Gasteiger partial charge in [-0.15, -0.1) is 12.4 Å². The molecule has 1 fully saturated rings. The van der Waals surface area contributed by atoms with E-state index in [2.05, 4.69) is 19.2 Å². The number of carbonyl (C=O) groups is 1. The van der Waals surface area contributed by atoms with Crippen LogP contribution < -0.4 is 10.1 Å². The standard InChI is InChI=1S/C15H22N2O2.ClH/c1-11-4-5-14(8-12(11)2)19-10-15(18)17-7-6-16-9-13(17)3;/h4-5,8,13,16H,6-7,9-10H2,1-3H3;1H/t13-;/m1./s1. The Balaban J connectivity index is 0.00000200. The van der Waals surface area contributed by atoms with Gasteiger partial charge in [0.05, 0.1) is 0 Å². The number of amides is 1. The molecule has 112 valence electrons. The molecule has 1 atom stereocenters. The van der Waals surface area contributed by atoms with Gasteiger partial charge in [-0.25, -0.2) is 0 Å². The molecule has 20 heavy (non-hydrogen) atoms. The normalized spacial score (nSPS) is 18.4. The summed E-state index contributed by atoms with van der Waals surface area (Å²) in [5, 5.41) is 3.27. The summed E-state index contributed by atoms with van der Waals surface area (Å²) in [7, 11) is 0. The van der Waals surface area contributed by atoms with Gasteiger partial charge in [0.25, 0.3) is 5.91 Å². The van der Waals surface area contributed by atoms with Gasteiger partial charge in [0, 0.05) is 25.7 Å². The fourth-order valence-corrected chi connectivity index (χ4v) is 2.24. The first-order chi connectivity index (χ1) is 9.08. The average Bonchev–Trinajstić information content (AvgIpc) is 2.40. The van der Waals surface area contributed by atoms with E-state index in [4.69, 9.17) is 4.74 Å². The fraction of sp³-hybridized carbons (Fsp3) is 0.533. The monoisotopic (exact) mass is 298 g/mol. The predicted octanol–water partition coefficient (Wildman–Crippen LogP) is 1.92. The summed E-state index contributed by atoms with van der Waals surface area (Å²) < 4.78 is 5.59. The number of hydrogen-bond donors (Lipinski definition) is 1. The van der Waals surface area contributed by atoms with Crippen molar-refractivity contribution in [3.63, 3.8) is 0 Å². The minimum Gasteiger partial charge on any atom is -0.484 e. The molecule has 0 saturated carbocycles. The van der Waals surface area contributed by atoms with Crippen molar-refractivity contribution in [1.29, 1.82) is 0 Å². The fourth-order valence-electron chi connectivity index (χ4n) is 2.24. The molecule has 1 heterocycles. The molecule has 1 amide bonds. The maximum atomic E-state index is 12.1. The van der Waals surface area contributed by atoms with Gasteiger partial charge in [-0.05, 0) is 44.0 Å². The summed E-state index contributed by atoms with van der Waals surface area (Å²) in [6, 6.07) is 6.15. The van der Waals surface area contributed by atoms with Gasteiger partial charge in [-0.1, -0.05) is 6.07 Å². The largest absolute Gasteiger partial charge is 0.484 e. The highest BCUT2D eigenvalue weighted by Crippen LogP contribution is 2.16. The van der Waals surface area contributed by atoms with Crippen molar-refractivity contribution >= 4 is 18.3 Å². The first-order valence-corrected chi connectivity index (χ1v) is 6.78. The zero-order valence-corrected chi connectivity index (χ0v) is 13.1. The molecule has 1 saturated heterocycles. The number of aryl methyl sites for hydroxylation is 2. The Hall–Kier alpha value is -1.26. The lowest BCUT2D eigenvalue weighted by Crippen LogP contribution is -2.53. The number of halogens is 1. The Morgan fingerprint density at radius 2 is 2.15 bits per heavy atom. The summed E-state index contributed by atoms with van der Waals surface area (Å²) >= 11 is 0. The summed E-state index contributed by atoms with van der Waals surface area (Å²) in [5.74, 6) is 0.825. The molecular weight excluding hydrogens is 276 g/mol. The molecule has 4 nitrogen and oxygen atoms in total. The van der Waals surface area contributed by atoms with Crippen molar-refractivity contribution in [3.05, 3.63) is 29.3 Å². The van der Waals surface area contributed by atoms with E-state index in [1.54, 1.807) is 0 Å². The third kappa shape index (κ3) is 4.12. The number of benzene rings is 1. The van der Waals surface area contributed by atoms with Crippen LogP contribution in [0.25, 0.3) is 0 Å². The SMILES string of the molecule is Cc1ccc(OCC(=O)N2CCNC[C@H]2C)cc1C.Cl. The van der Waals surface area contributed by atoms with Gasteiger partial charge < -0.3 is 15.0 Å². The number of carbonyl (C=O) groups excluding carboxylic acids is 1. The molecule has 0 aromatic heterocycles. The Kier molecular flexibility index (Phi) is 6.30. The highest BCUT2D eigenvalue weighted by atomic mass is 35.5. The Bertz CT molecular complexity index is 465. The van der Waals surface area contributed by atoms with Crippen LogP contribution in [-0.4, -0.2) is 43.1 Å². The predicted molar refractivity (Wildman–Crippen MR) is 82.7 cm³/mol. The number of hydrogen-bond acceptors (Lipinski definition) is 3. The topological polar surface area (TPSA) is 41.6 Å². The van der Waals surface area contributed by atoms with Crippen LogP contribution in [0.3, 0.4) is 0 Å². The molecule has 5 heteroatoms. The van der Waals surface area contributed by atoms with Crippen LogP contribution in [0.4, 0.5) is 0 Å². The Labute approximate surface area is 126 Å². The number of nitrogens with one attached hydrogen (secondary N) is 1. The molecule has 1 aliphatic rings. The molecular formula is C15H23ClN2O2. The summed E-state index contributed by atoms with van der Waals surface area (Å²) in [4.78, 5) is 14.0. The van der Waals surface area contributed by atoms with Gasteiger partial charge in [0.15, 0.2) is 6.61 Å². The van der Waals surface area contributed by atoms with Crippen molar-refractivity contribution in [3.8, 4) is 5.75 Å². The lowest BCUT2D eigenvalue weighted by Gasteiger charge is -2.33. The van der Waals surface area contributed by atoms with Crippen molar-refractivity contribution < 1.29 is 9.53 Å². The van der Waals surface area contributed by atoms with Crippen LogP contribution in [0.5, 0.6) is 5.75 Å².